The van der Waals surface area contributed by atoms with Gasteiger partial charge < -0.3 is 4.57 Å². The number of rotatable bonds is 4. The Hall–Kier alpha value is -1.61. The summed E-state index contributed by atoms with van der Waals surface area (Å²) in [5, 5.41) is 0. The van der Waals surface area contributed by atoms with E-state index in [1.54, 1.807) is 11.8 Å². The van der Waals surface area contributed by atoms with Gasteiger partial charge in [-0.25, -0.2) is 0 Å². The minimum absolute atomic E-state index is 0.164. The van der Waals surface area contributed by atoms with Crippen molar-refractivity contribution in [2.24, 2.45) is 0 Å². The molecule has 2 nitrogen and oxygen atoms in total. The van der Waals surface area contributed by atoms with Crippen molar-refractivity contribution in [3.8, 4) is 0 Å². The number of fused-ring (bicyclic) bond motifs is 1. The maximum atomic E-state index is 12.9. The van der Waals surface area contributed by atoms with E-state index in [-0.39, 0.29) is 5.56 Å². The Labute approximate surface area is 136 Å². The number of thioether (sulfide) groups is 1. The maximum absolute atomic E-state index is 12.9. The standard InChI is InChI=1S/C19H22NOS/c1-3-22-18-12-16-14(2)8-7-11-17(16)20(19(18)21)13-15-9-5-4-6-10-15/h4-7,9-10,12,14H,3,8,11,13H2,1-2H3/q+1. The summed E-state index contributed by atoms with van der Waals surface area (Å²) in [7, 11) is 0. The van der Waals surface area contributed by atoms with Crippen LogP contribution in [0.1, 0.15) is 43.0 Å². The molecule has 1 aliphatic rings. The molecule has 0 radical (unpaired) electrons. The van der Waals surface area contributed by atoms with Crippen molar-refractivity contribution in [1.82, 2.24) is 4.57 Å². The molecule has 0 spiro atoms. The summed E-state index contributed by atoms with van der Waals surface area (Å²) in [6.45, 7) is 5.02. The number of aromatic nitrogens is 1. The summed E-state index contributed by atoms with van der Waals surface area (Å²) in [5.41, 5.74) is 3.91. The molecule has 0 bridgehead atoms. The quantitative estimate of drug-likeness (QED) is 0.621. The molecular formula is C19H22NOS+. The second-order valence-electron chi connectivity index (χ2n) is 5.85. The highest BCUT2D eigenvalue weighted by atomic mass is 32.2. The first kappa shape index (κ1) is 15.3. The summed E-state index contributed by atoms with van der Waals surface area (Å²) >= 11 is 1.66. The largest absolute Gasteiger partial charge is 0.303 e. The Balaban J connectivity index is 2.12. The molecular weight excluding hydrogens is 290 g/mol. The van der Waals surface area contributed by atoms with Crippen LogP contribution in [0.4, 0.5) is 0 Å². The molecule has 0 saturated carbocycles. The predicted molar refractivity (Wildman–Crippen MR) is 93.7 cm³/mol. The van der Waals surface area contributed by atoms with Crippen LogP contribution in [0.2, 0.25) is 0 Å². The molecule has 3 rings (SSSR count). The van der Waals surface area contributed by atoms with Gasteiger partial charge in [-0.05, 0) is 22.9 Å². The van der Waals surface area contributed by atoms with E-state index in [4.69, 9.17) is 0 Å². The first-order valence-corrected chi connectivity index (χ1v) is 8.94. The molecule has 2 aromatic rings. The smallest absolute Gasteiger partial charge is 0.264 e. The maximum Gasteiger partial charge on any atom is 0.264 e. The number of nitrogens with zero attached hydrogens (tertiary/aromatic N) is 1. The normalized spacial score (nSPS) is 16.9. The minimum atomic E-state index is 0.164. The van der Waals surface area contributed by atoms with Crippen molar-refractivity contribution in [1.29, 1.82) is 0 Å². The van der Waals surface area contributed by atoms with E-state index < -0.39 is 0 Å². The molecule has 1 aliphatic carbocycles. The van der Waals surface area contributed by atoms with Gasteiger partial charge in [-0.1, -0.05) is 44.2 Å². The molecule has 1 atom stereocenters. The molecule has 1 unspecified atom stereocenters. The molecule has 22 heavy (non-hydrogen) atoms. The zero-order valence-electron chi connectivity index (χ0n) is 13.2. The van der Waals surface area contributed by atoms with E-state index in [1.807, 2.05) is 22.8 Å². The molecule has 1 aromatic heterocycles. The molecule has 0 N–H and O–H groups in total. The second kappa shape index (κ2) is 6.66. The minimum Gasteiger partial charge on any atom is -0.303 e. The number of pyridine rings is 1. The zero-order chi connectivity index (χ0) is 15.5. The lowest BCUT2D eigenvalue weighted by Crippen LogP contribution is -2.29. The van der Waals surface area contributed by atoms with Gasteiger partial charge in [0, 0.05) is 5.92 Å². The van der Waals surface area contributed by atoms with Crippen molar-refractivity contribution in [3.63, 3.8) is 0 Å². The summed E-state index contributed by atoms with van der Waals surface area (Å²) < 4.78 is 1.99. The van der Waals surface area contributed by atoms with Crippen LogP contribution in [0, 0.1) is 6.42 Å². The van der Waals surface area contributed by atoms with Crippen molar-refractivity contribution < 1.29 is 0 Å². The average molecular weight is 312 g/mol. The van der Waals surface area contributed by atoms with Gasteiger partial charge in [-0.3, -0.25) is 4.79 Å². The monoisotopic (exact) mass is 312 g/mol. The lowest BCUT2D eigenvalue weighted by molar-refractivity contribution is 0.605. The highest BCUT2D eigenvalue weighted by Crippen LogP contribution is 2.32. The van der Waals surface area contributed by atoms with E-state index >= 15 is 0 Å². The zero-order valence-corrected chi connectivity index (χ0v) is 14.0. The molecule has 1 aromatic carbocycles. The first-order chi connectivity index (χ1) is 10.7. The SMILES string of the molecule is CCSc1cc2c(n(Cc3ccccc3)c1=O)C[CH+]CC2C. The Bertz CT molecular complexity index is 705. The first-order valence-electron chi connectivity index (χ1n) is 7.95. The number of hydrogen-bond acceptors (Lipinski definition) is 2. The Kier molecular flexibility index (Phi) is 4.63. The fourth-order valence-electron chi connectivity index (χ4n) is 3.14. The third-order valence-electron chi connectivity index (χ3n) is 4.27. The second-order valence-corrected chi connectivity index (χ2v) is 7.16. The highest BCUT2D eigenvalue weighted by Gasteiger charge is 2.27. The molecule has 3 heteroatoms. The van der Waals surface area contributed by atoms with Crippen molar-refractivity contribution >= 4 is 11.8 Å². The predicted octanol–water partition coefficient (Wildman–Crippen LogP) is 4.26. The fourth-order valence-corrected chi connectivity index (χ4v) is 3.90. The fraction of sp³-hybridized carbons (Fsp3) is 0.368. The van der Waals surface area contributed by atoms with Gasteiger partial charge in [0.25, 0.3) is 5.56 Å². The summed E-state index contributed by atoms with van der Waals surface area (Å²) in [5.74, 6) is 1.43. The number of benzene rings is 1. The van der Waals surface area contributed by atoms with Gasteiger partial charge in [0.05, 0.1) is 30.0 Å². The summed E-state index contributed by atoms with van der Waals surface area (Å²) in [6, 6.07) is 12.4. The van der Waals surface area contributed by atoms with Crippen molar-refractivity contribution in [3.05, 3.63) is 70.0 Å². The van der Waals surface area contributed by atoms with E-state index in [0.717, 1.165) is 23.5 Å². The Morgan fingerprint density at radius 2 is 2.09 bits per heavy atom. The van der Waals surface area contributed by atoms with Crippen molar-refractivity contribution in [2.45, 2.75) is 44.0 Å². The van der Waals surface area contributed by atoms with Gasteiger partial charge in [0.1, 0.15) is 6.42 Å². The van der Waals surface area contributed by atoms with Gasteiger partial charge in [-0.2, -0.15) is 0 Å². The van der Waals surface area contributed by atoms with Crippen LogP contribution in [-0.2, 0) is 13.0 Å². The molecule has 0 amide bonds. The average Bonchev–Trinajstić information content (AvgIpc) is 2.53. The van der Waals surface area contributed by atoms with Gasteiger partial charge in [0.15, 0.2) is 0 Å². The van der Waals surface area contributed by atoms with Crippen molar-refractivity contribution in [2.75, 3.05) is 5.75 Å². The van der Waals surface area contributed by atoms with Crippen LogP contribution in [-0.4, -0.2) is 10.3 Å². The van der Waals surface area contributed by atoms with Crippen LogP contribution in [0.25, 0.3) is 0 Å². The van der Waals surface area contributed by atoms with E-state index in [1.165, 1.54) is 16.8 Å². The van der Waals surface area contributed by atoms with E-state index in [0.29, 0.717) is 12.5 Å². The highest BCUT2D eigenvalue weighted by molar-refractivity contribution is 7.99. The number of hydrogen-bond donors (Lipinski definition) is 0. The third-order valence-corrected chi connectivity index (χ3v) is 5.17. The topological polar surface area (TPSA) is 22.0 Å². The third kappa shape index (κ3) is 2.95. The lowest BCUT2D eigenvalue weighted by atomic mass is 9.86. The lowest BCUT2D eigenvalue weighted by Gasteiger charge is -2.22. The molecule has 1 heterocycles. The van der Waals surface area contributed by atoms with Gasteiger partial charge in [0.2, 0.25) is 0 Å². The van der Waals surface area contributed by atoms with E-state index in [2.05, 4.69) is 38.5 Å². The van der Waals surface area contributed by atoms with Crippen LogP contribution >= 0.6 is 11.8 Å². The molecule has 0 aliphatic heterocycles. The van der Waals surface area contributed by atoms with Crippen LogP contribution in [0.3, 0.4) is 0 Å². The summed E-state index contributed by atoms with van der Waals surface area (Å²) in [6.07, 6.45) is 4.31. The molecule has 0 fully saturated rings. The van der Waals surface area contributed by atoms with Crippen LogP contribution < -0.4 is 5.56 Å². The van der Waals surface area contributed by atoms with Crippen LogP contribution in [0.5, 0.6) is 0 Å². The van der Waals surface area contributed by atoms with Crippen LogP contribution in [0.15, 0.2) is 46.1 Å². The van der Waals surface area contributed by atoms with Gasteiger partial charge in [-0.15, -0.1) is 11.8 Å². The van der Waals surface area contributed by atoms with Gasteiger partial charge >= 0.3 is 0 Å². The summed E-state index contributed by atoms with van der Waals surface area (Å²) in [4.78, 5) is 13.8. The Morgan fingerprint density at radius 1 is 1.32 bits per heavy atom. The molecule has 114 valence electrons. The Morgan fingerprint density at radius 3 is 2.82 bits per heavy atom. The molecule has 0 saturated heterocycles. The van der Waals surface area contributed by atoms with E-state index in [9.17, 15) is 4.79 Å².